The molecule has 0 aromatic heterocycles. The molecular formula is C9H21N3O. The predicted molar refractivity (Wildman–Crippen MR) is 54.6 cm³/mol. The van der Waals surface area contributed by atoms with Gasteiger partial charge in [-0.25, -0.2) is 4.79 Å². The lowest BCUT2D eigenvalue weighted by Crippen LogP contribution is -2.42. The standard InChI is InChI=1S/C9H21N3O/c1-3-5-7-11-9(13)12(4-2)8-6-10/h3-8,10H2,1-2H3,(H,11,13). The molecule has 78 valence electrons. The van der Waals surface area contributed by atoms with Gasteiger partial charge in [-0.1, -0.05) is 13.3 Å². The lowest BCUT2D eigenvalue weighted by Gasteiger charge is -2.20. The molecule has 3 N–H and O–H groups in total. The Labute approximate surface area is 80.5 Å². The molecule has 0 aromatic rings. The van der Waals surface area contributed by atoms with Crippen molar-refractivity contribution in [1.29, 1.82) is 0 Å². The second-order valence-corrected chi connectivity index (χ2v) is 2.95. The van der Waals surface area contributed by atoms with Crippen LogP contribution in [0.15, 0.2) is 0 Å². The first kappa shape index (κ1) is 12.2. The van der Waals surface area contributed by atoms with Gasteiger partial charge in [-0.15, -0.1) is 0 Å². The van der Waals surface area contributed by atoms with E-state index >= 15 is 0 Å². The van der Waals surface area contributed by atoms with Gasteiger partial charge < -0.3 is 16.0 Å². The van der Waals surface area contributed by atoms with Crippen molar-refractivity contribution in [3.05, 3.63) is 0 Å². The first-order valence-corrected chi connectivity index (χ1v) is 4.99. The van der Waals surface area contributed by atoms with Gasteiger partial charge >= 0.3 is 6.03 Å². The number of unbranched alkanes of at least 4 members (excludes halogenated alkanes) is 1. The molecule has 0 aromatic carbocycles. The number of carbonyl (C=O) groups is 1. The van der Waals surface area contributed by atoms with Crippen LogP contribution in [0.5, 0.6) is 0 Å². The van der Waals surface area contributed by atoms with E-state index in [0.717, 1.165) is 25.9 Å². The fraction of sp³-hybridized carbons (Fsp3) is 0.889. The zero-order chi connectivity index (χ0) is 10.1. The second-order valence-electron chi connectivity index (χ2n) is 2.95. The Morgan fingerprint density at radius 2 is 2.15 bits per heavy atom. The van der Waals surface area contributed by atoms with Crippen molar-refractivity contribution < 1.29 is 4.79 Å². The number of nitrogens with zero attached hydrogens (tertiary/aromatic N) is 1. The molecule has 0 saturated carbocycles. The van der Waals surface area contributed by atoms with Crippen LogP contribution in [0.3, 0.4) is 0 Å². The van der Waals surface area contributed by atoms with E-state index in [1.165, 1.54) is 0 Å². The highest BCUT2D eigenvalue weighted by molar-refractivity contribution is 5.74. The van der Waals surface area contributed by atoms with E-state index in [4.69, 9.17) is 5.73 Å². The lowest BCUT2D eigenvalue weighted by molar-refractivity contribution is 0.202. The average Bonchev–Trinajstić information content (AvgIpc) is 2.14. The van der Waals surface area contributed by atoms with Crippen molar-refractivity contribution in [3.63, 3.8) is 0 Å². The van der Waals surface area contributed by atoms with Gasteiger partial charge in [-0.05, 0) is 13.3 Å². The van der Waals surface area contributed by atoms with Crippen molar-refractivity contribution in [2.45, 2.75) is 26.7 Å². The van der Waals surface area contributed by atoms with Crippen LogP contribution in [0.4, 0.5) is 4.79 Å². The third-order valence-electron chi connectivity index (χ3n) is 1.87. The zero-order valence-corrected chi connectivity index (χ0v) is 8.68. The maximum Gasteiger partial charge on any atom is 0.317 e. The minimum absolute atomic E-state index is 0.00130. The topological polar surface area (TPSA) is 58.4 Å². The Bertz CT molecular complexity index is 139. The average molecular weight is 187 g/mol. The Morgan fingerprint density at radius 3 is 2.62 bits per heavy atom. The summed E-state index contributed by atoms with van der Waals surface area (Å²) in [5, 5.41) is 2.85. The molecule has 0 aliphatic heterocycles. The summed E-state index contributed by atoms with van der Waals surface area (Å²) in [6, 6.07) is 0.00130. The molecule has 4 nitrogen and oxygen atoms in total. The minimum atomic E-state index is 0.00130. The van der Waals surface area contributed by atoms with Gasteiger partial charge in [0.25, 0.3) is 0 Å². The summed E-state index contributed by atoms with van der Waals surface area (Å²) in [4.78, 5) is 13.1. The molecule has 0 aliphatic rings. The number of nitrogens with two attached hydrogens (primary N) is 1. The quantitative estimate of drug-likeness (QED) is 0.604. The Kier molecular flexibility index (Phi) is 7.39. The zero-order valence-electron chi connectivity index (χ0n) is 8.68. The highest BCUT2D eigenvalue weighted by Gasteiger charge is 2.08. The number of amides is 2. The third-order valence-corrected chi connectivity index (χ3v) is 1.87. The SMILES string of the molecule is CCCCNC(=O)N(CC)CCN. The van der Waals surface area contributed by atoms with E-state index in [1.807, 2.05) is 6.92 Å². The van der Waals surface area contributed by atoms with Gasteiger partial charge in [0.1, 0.15) is 0 Å². The summed E-state index contributed by atoms with van der Waals surface area (Å²) >= 11 is 0. The van der Waals surface area contributed by atoms with Crippen molar-refractivity contribution in [2.24, 2.45) is 5.73 Å². The van der Waals surface area contributed by atoms with Crippen molar-refractivity contribution in [2.75, 3.05) is 26.2 Å². The van der Waals surface area contributed by atoms with E-state index < -0.39 is 0 Å². The van der Waals surface area contributed by atoms with E-state index in [1.54, 1.807) is 4.90 Å². The van der Waals surface area contributed by atoms with E-state index in [9.17, 15) is 4.79 Å². The van der Waals surface area contributed by atoms with E-state index in [2.05, 4.69) is 12.2 Å². The summed E-state index contributed by atoms with van der Waals surface area (Å²) in [6.07, 6.45) is 2.13. The van der Waals surface area contributed by atoms with Gasteiger partial charge in [-0.3, -0.25) is 0 Å². The number of carbonyl (C=O) groups excluding carboxylic acids is 1. The Balaban J connectivity index is 3.64. The number of urea groups is 1. The van der Waals surface area contributed by atoms with Crippen LogP contribution in [0.25, 0.3) is 0 Å². The summed E-state index contributed by atoms with van der Waals surface area (Å²) < 4.78 is 0. The highest BCUT2D eigenvalue weighted by atomic mass is 16.2. The van der Waals surface area contributed by atoms with Gasteiger partial charge in [0.2, 0.25) is 0 Å². The molecule has 0 atom stereocenters. The summed E-state index contributed by atoms with van der Waals surface area (Å²) in [5.74, 6) is 0. The number of nitrogens with one attached hydrogen (secondary N) is 1. The van der Waals surface area contributed by atoms with Gasteiger partial charge in [0.15, 0.2) is 0 Å². The fourth-order valence-corrected chi connectivity index (χ4v) is 1.04. The first-order valence-electron chi connectivity index (χ1n) is 4.99. The van der Waals surface area contributed by atoms with Crippen LogP contribution in [-0.2, 0) is 0 Å². The molecule has 0 radical (unpaired) electrons. The Morgan fingerprint density at radius 1 is 1.46 bits per heavy atom. The monoisotopic (exact) mass is 187 g/mol. The van der Waals surface area contributed by atoms with Crippen LogP contribution in [0.1, 0.15) is 26.7 Å². The summed E-state index contributed by atoms with van der Waals surface area (Å²) in [7, 11) is 0. The number of hydrogen-bond acceptors (Lipinski definition) is 2. The maximum absolute atomic E-state index is 11.4. The number of rotatable bonds is 6. The molecule has 0 rings (SSSR count). The Hall–Kier alpha value is -0.770. The smallest absolute Gasteiger partial charge is 0.317 e. The normalized spacial score (nSPS) is 9.77. The molecule has 0 unspecified atom stereocenters. The van der Waals surface area contributed by atoms with Crippen LogP contribution >= 0.6 is 0 Å². The van der Waals surface area contributed by atoms with Crippen LogP contribution in [0, 0.1) is 0 Å². The van der Waals surface area contributed by atoms with Gasteiger partial charge in [0.05, 0.1) is 0 Å². The van der Waals surface area contributed by atoms with E-state index in [-0.39, 0.29) is 6.03 Å². The minimum Gasteiger partial charge on any atom is -0.338 e. The molecule has 0 fully saturated rings. The molecule has 0 saturated heterocycles. The molecule has 4 heteroatoms. The van der Waals surface area contributed by atoms with Crippen LogP contribution in [-0.4, -0.2) is 37.1 Å². The fourth-order valence-electron chi connectivity index (χ4n) is 1.04. The first-order chi connectivity index (χ1) is 6.26. The van der Waals surface area contributed by atoms with Crippen molar-refractivity contribution in [3.8, 4) is 0 Å². The maximum atomic E-state index is 11.4. The van der Waals surface area contributed by atoms with Gasteiger partial charge in [0, 0.05) is 26.2 Å². The second kappa shape index (κ2) is 7.86. The molecule has 0 bridgehead atoms. The molecule has 0 spiro atoms. The van der Waals surface area contributed by atoms with Crippen molar-refractivity contribution >= 4 is 6.03 Å². The van der Waals surface area contributed by atoms with Crippen LogP contribution in [0.2, 0.25) is 0 Å². The number of likely N-dealkylation sites (N-methyl/N-ethyl adjacent to an activating group) is 1. The summed E-state index contributed by atoms with van der Waals surface area (Å²) in [6.45, 7) is 6.69. The predicted octanol–water partition coefficient (Wildman–Crippen LogP) is 0.777. The van der Waals surface area contributed by atoms with Crippen molar-refractivity contribution in [1.82, 2.24) is 10.2 Å². The molecular weight excluding hydrogens is 166 g/mol. The largest absolute Gasteiger partial charge is 0.338 e. The molecule has 0 heterocycles. The third kappa shape index (κ3) is 5.47. The highest BCUT2D eigenvalue weighted by Crippen LogP contribution is 1.89. The molecule has 13 heavy (non-hydrogen) atoms. The number of hydrogen-bond donors (Lipinski definition) is 2. The molecule has 2 amide bonds. The summed E-state index contributed by atoms with van der Waals surface area (Å²) in [5.41, 5.74) is 5.38. The molecule has 0 aliphatic carbocycles. The van der Waals surface area contributed by atoms with Gasteiger partial charge in [-0.2, -0.15) is 0 Å². The van der Waals surface area contributed by atoms with E-state index in [0.29, 0.717) is 13.1 Å². The lowest BCUT2D eigenvalue weighted by atomic mass is 10.3. The van der Waals surface area contributed by atoms with Crippen LogP contribution < -0.4 is 11.1 Å².